The smallest absolute Gasteiger partial charge is 0.315 e. The molecule has 160 valence electrons. The fourth-order valence-corrected chi connectivity index (χ4v) is 3.36. The van der Waals surface area contributed by atoms with Crippen LogP contribution in [-0.4, -0.2) is 57.1 Å². The Morgan fingerprint density at radius 2 is 1.33 bits per heavy atom. The molecule has 0 unspecified atom stereocenters. The first kappa shape index (κ1) is 25.9. The standard InChI is InChI=1S/C22H45N3O2/c1-5-6-7-8-9-10-11-12-13-14-15-16-18-23-22(27)24-21(17-19-26)20-25(2,3)4/h19,21H,5-18,20H2,1-4H3,(H-,23,24,27)/p+1/t21-/m1/s1. The van der Waals surface area contributed by atoms with E-state index >= 15 is 0 Å². The van der Waals surface area contributed by atoms with Crippen molar-refractivity contribution in [3.8, 4) is 0 Å². The normalized spacial score (nSPS) is 12.6. The number of rotatable bonds is 18. The molecule has 0 aromatic rings. The first-order valence-electron chi connectivity index (χ1n) is 11.2. The highest BCUT2D eigenvalue weighted by atomic mass is 16.2. The van der Waals surface area contributed by atoms with Crippen LogP contribution in [0.1, 0.15) is 90.4 Å². The van der Waals surface area contributed by atoms with E-state index < -0.39 is 0 Å². The van der Waals surface area contributed by atoms with Crippen LogP contribution in [0.3, 0.4) is 0 Å². The topological polar surface area (TPSA) is 58.2 Å². The van der Waals surface area contributed by atoms with Gasteiger partial charge in [-0.1, -0.05) is 77.6 Å². The molecule has 2 amide bonds. The number of quaternary nitrogens is 1. The Kier molecular flexibility index (Phi) is 16.3. The second kappa shape index (κ2) is 17.0. The van der Waals surface area contributed by atoms with Crippen LogP contribution in [0.5, 0.6) is 0 Å². The molecule has 0 bridgehead atoms. The minimum atomic E-state index is -0.154. The molecule has 0 spiro atoms. The van der Waals surface area contributed by atoms with Crippen LogP contribution in [0.15, 0.2) is 0 Å². The second-order valence-electron chi connectivity index (χ2n) is 8.86. The van der Waals surface area contributed by atoms with E-state index in [0.717, 1.165) is 23.7 Å². The Morgan fingerprint density at radius 1 is 0.852 bits per heavy atom. The number of nitrogens with one attached hydrogen (secondary N) is 2. The number of carbonyl (C=O) groups is 2. The van der Waals surface area contributed by atoms with Gasteiger partial charge in [-0.15, -0.1) is 0 Å². The molecular weight excluding hydrogens is 338 g/mol. The van der Waals surface area contributed by atoms with E-state index in [1.165, 1.54) is 70.6 Å². The molecule has 0 rings (SSSR count). The van der Waals surface area contributed by atoms with Crippen molar-refractivity contribution in [1.29, 1.82) is 0 Å². The molecule has 0 aliphatic carbocycles. The van der Waals surface area contributed by atoms with Crippen LogP contribution in [0, 0.1) is 0 Å². The average molecular weight is 385 g/mol. The highest BCUT2D eigenvalue weighted by Gasteiger charge is 2.19. The molecule has 0 aromatic carbocycles. The number of hydrogen-bond donors (Lipinski definition) is 2. The second-order valence-corrected chi connectivity index (χ2v) is 8.86. The molecule has 5 nitrogen and oxygen atoms in total. The lowest BCUT2D eigenvalue weighted by atomic mass is 10.1. The number of amides is 2. The summed E-state index contributed by atoms with van der Waals surface area (Å²) in [5, 5.41) is 5.84. The highest BCUT2D eigenvalue weighted by Crippen LogP contribution is 2.11. The van der Waals surface area contributed by atoms with Crippen molar-refractivity contribution in [2.24, 2.45) is 0 Å². The van der Waals surface area contributed by atoms with Crippen LogP contribution in [0.2, 0.25) is 0 Å². The molecule has 0 heterocycles. The molecule has 1 atom stereocenters. The maximum Gasteiger partial charge on any atom is 0.315 e. The van der Waals surface area contributed by atoms with Crippen molar-refractivity contribution in [3.05, 3.63) is 0 Å². The number of urea groups is 1. The lowest BCUT2D eigenvalue weighted by Crippen LogP contribution is -2.51. The van der Waals surface area contributed by atoms with Gasteiger partial charge in [0.15, 0.2) is 0 Å². The van der Waals surface area contributed by atoms with Gasteiger partial charge in [0.25, 0.3) is 0 Å². The Bertz CT molecular complexity index is 367. The van der Waals surface area contributed by atoms with Gasteiger partial charge in [-0.05, 0) is 6.42 Å². The molecular formula is C22H46N3O2+. The summed E-state index contributed by atoms with van der Waals surface area (Å²) in [5.74, 6) is 0. The Labute approximate surface area is 168 Å². The largest absolute Gasteiger partial charge is 0.338 e. The predicted molar refractivity (Wildman–Crippen MR) is 115 cm³/mol. The van der Waals surface area contributed by atoms with E-state index in [1.54, 1.807) is 0 Å². The predicted octanol–water partition coefficient (Wildman–Crippen LogP) is 4.65. The summed E-state index contributed by atoms with van der Waals surface area (Å²) >= 11 is 0. The Morgan fingerprint density at radius 3 is 1.78 bits per heavy atom. The number of aldehydes is 1. The summed E-state index contributed by atoms with van der Waals surface area (Å²) in [6, 6.07) is -0.261. The van der Waals surface area contributed by atoms with E-state index in [1.807, 2.05) is 0 Å². The van der Waals surface area contributed by atoms with Crippen LogP contribution in [0.25, 0.3) is 0 Å². The minimum absolute atomic E-state index is 0.107. The van der Waals surface area contributed by atoms with Gasteiger partial charge in [0.1, 0.15) is 6.29 Å². The van der Waals surface area contributed by atoms with Crippen molar-refractivity contribution in [2.75, 3.05) is 34.2 Å². The van der Waals surface area contributed by atoms with Gasteiger partial charge in [0.2, 0.25) is 0 Å². The number of nitrogens with zero attached hydrogens (tertiary/aromatic N) is 1. The molecule has 0 aliphatic heterocycles. The van der Waals surface area contributed by atoms with Crippen molar-refractivity contribution >= 4 is 12.3 Å². The van der Waals surface area contributed by atoms with Gasteiger partial charge >= 0.3 is 6.03 Å². The van der Waals surface area contributed by atoms with Gasteiger partial charge in [0, 0.05) is 13.0 Å². The first-order valence-corrected chi connectivity index (χ1v) is 11.2. The average Bonchev–Trinajstić information content (AvgIpc) is 2.57. The summed E-state index contributed by atoms with van der Waals surface area (Å²) in [6.45, 7) is 3.71. The van der Waals surface area contributed by atoms with Gasteiger partial charge in [-0.2, -0.15) is 0 Å². The van der Waals surface area contributed by atoms with E-state index in [4.69, 9.17) is 0 Å². The zero-order valence-electron chi connectivity index (χ0n) is 18.5. The fourth-order valence-electron chi connectivity index (χ4n) is 3.36. The number of carbonyl (C=O) groups excluding carboxylic acids is 2. The molecule has 5 heteroatoms. The van der Waals surface area contributed by atoms with Crippen LogP contribution >= 0.6 is 0 Å². The Hall–Kier alpha value is -1.10. The van der Waals surface area contributed by atoms with Gasteiger partial charge < -0.3 is 19.9 Å². The zero-order chi connectivity index (χ0) is 20.4. The van der Waals surface area contributed by atoms with E-state index in [-0.39, 0.29) is 12.1 Å². The van der Waals surface area contributed by atoms with E-state index in [0.29, 0.717) is 13.0 Å². The summed E-state index contributed by atoms with van der Waals surface area (Å²) in [4.78, 5) is 22.8. The third-order valence-corrected chi connectivity index (χ3v) is 4.80. The van der Waals surface area contributed by atoms with Gasteiger partial charge in [-0.3, -0.25) is 0 Å². The van der Waals surface area contributed by atoms with Crippen molar-refractivity contribution in [2.45, 2.75) is 96.4 Å². The zero-order valence-corrected chi connectivity index (χ0v) is 18.5. The number of likely N-dealkylation sites (N-methyl/N-ethyl adjacent to an activating group) is 1. The molecule has 0 aromatic heterocycles. The van der Waals surface area contributed by atoms with Crippen molar-refractivity contribution in [3.63, 3.8) is 0 Å². The van der Waals surface area contributed by atoms with Crippen LogP contribution < -0.4 is 10.6 Å². The lowest BCUT2D eigenvalue weighted by molar-refractivity contribution is -0.871. The monoisotopic (exact) mass is 384 g/mol. The highest BCUT2D eigenvalue weighted by molar-refractivity contribution is 5.74. The molecule has 0 radical (unpaired) electrons. The number of hydrogen-bond acceptors (Lipinski definition) is 2. The maximum absolute atomic E-state index is 12.0. The quantitative estimate of drug-likeness (QED) is 0.205. The number of unbranched alkanes of at least 4 members (excludes halogenated alkanes) is 11. The third-order valence-electron chi connectivity index (χ3n) is 4.80. The van der Waals surface area contributed by atoms with Crippen molar-refractivity contribution < 1.29 is 14.1 Å². The van der Waals surface area contributed by atoms with Crippen LogP contribution in [0.4, 0.5) is 4.79 Å². The van der Waals surface area contributed by atoms with E-state index in [2.05, 4.69) is 38.7 Å². The molecule has 0 aliphatic rings. The SMILES string of the molecule is CCCCCCCCCCCCCCNC(=O)N[C@H](CC=O)C[N+](C)(C)C. The Balaban J connectivity index is 3.53. The molecule has 0 saturated heterocycles. The third kappa shape index (κ3) is 19.5. The minimum Gasteiger partial charge on any atom is -0.338 e. The summed E-state index contributed by atoms with van der Waals surface area (Å²) in [6.07, 6.45) is 17.0. The summed E-state index contributed by atoms with van der Waals surface area (Å²) in [5.41, 5.74) is 0. The van der Waals surface area contributed by atoms with Gasteiger partial charge in [0.05, 0.1) is 33.7 Å². The van der Waals surface area contributed by atoms with E-state index in [9.17, 15) is 9.59 Å². The molecule has 0 saturated carbocycles. The molecule has 2 N–H and O–H groups in total. The lowest BCUT2D eigenvalue weighted by Gasteiger charge is -2.28. The first-order chi connectivity index (χ1) is 12.9. The van der Waals surface area contributed by atoms with Crippen LogP contribution in [-0.2, 0) is 4.79 Å². The van der Waals surface area contributed by atoms with Gasteiger partial charge in [-0.25, -0.2) is 4.79 Å². The molecule has 0 fully saturated rings. The summed E-state index contributed by atoms with van der Waals surface area (Å²) < 4.78 is 0.720. The molecule has 27 heavy (non-hydrogen) atoms. The summed E-state index contributed by atoms with van der Waals surface area (Å²) in [7, 11) is 6.18. The van der Waals surface area contributed by atoms with Crippen molar-refractivity contribution in [1.82, 2.24) is 10.6 Å². The fraction of sp³-hybridized carbons (Fsp3) is 0.909. The maximum atomic E-state index is 12.0.